The molecule has 0 aromatic heterocycles. The Balaban J connectivity index is 1.63. The summed E-state index contributed by atoms with van der Waals surface area (Å²) in [5.41, 5.74) is 0. The van der Waals surface area contributed by atoms with Crippen molar-refractivity contribution < 1.29 is 23.7 Å². The second-order valence-electron chi connectivity index (χ2n) is 5.16. The lowest BCUT2D eigenvalue weighted by molar-refractivity contribution is -0.260. The zero-order chi connectivity index (χ0) is 14.9. The number of rotatable bonds is 1. The fourth-order valence-corrected chi connectivity index (χ4v) is 2.68. The Morgan fingerprint density at radius 2 is 2.33 bits per heavy atom. The molecule has 110 valence electrons. The van der Waals surface area contributed by atoms with Crippen LogP contribution in [-0.4, -0.2) is 36.7 Å². The minimum atomic E-state index is -0.745. The van der Waals surface area contributed by atoms with Gasteiger partial charge in [-0.15, -0.1) is 0 Å². The number of epoxide rings is 1. The molecule has 3 fully saturated rings. The first kappa shape index (κ1) is 14.0. The van der Waals surface area contributed by atoms with E-state index in [-0.39, 0.29) is 24.3 Å². The van der Waals surface area contributed by atoms with Gasteiger partial charge in [-0.25, -0.2) is 0 Å². The molecule has 0 unspecified atom stereocenters. The number of hydrogen-bond donors (Lipinski definition) is 0. The first-order valence-electron chi connectivity index (χ1n) is 6.92. The lowest BCUT2D eigenvalue weighted by Gasteiger charge is -2.36. The van der Waals surface area contributed by atoms with Crippen molar-refractivity contribution in [3.63, 3.8) is 0 Å². The third kappa shape index (κ3) is 2.76. The molecule has 1 spiro atoms. The Morgan fingerprint density at radius 1 is 1.48 bits per heavy atom. The quantitative estimate of drug-likeness (QED) is 0.411. The summed E-state index contributed by atoms with van der Waals surface area (Å²) < 4.78 is 22.5. The van der Waals surface area contributed by atoms with Crippen LogP contribution in [0.5, 0.6) is 0 Å². The minimum absolute atomic E-state index is 0.0702. The molecule has 5 heteroatoms. The van der Waals surface area contributed by atoms with E-state index in [1.165, 1.54) is 6.92 Å². The Bertz CT molecular complexity index is 590. The molecule has 3 heterocycles. The molecular formula is C16H16O5. The summed E-state index contributed by atoms with van der Waals surface area (Å²) in [7, 11) is 0. The summed E-state index contributed by atoms with van der Waals surface area (Å²) in [6.07, 6.45) is 2.66. The molecule has 0 bridgehead atoms. The van der Waals surface area contributed by atoms with Crippen molar-refractivity contribution in [1.29, 1.82) is 0 Å². The topological polar surface area (TPSA) is 57.3 Å². The van der Waals surface area contributed by atoms with Crippen molar-refractivity contribution in [2.75, 3.05) is 6.61 Å². The first-order chi connectivity index (χ1) is 10.1. The normalized spacial score (nSPS) is 37.6. The molecule has 4 atom stereocenters. The van der Waals surface area contributed by atoms with Crippen molar-refractivity contribution in [2.24, 2.45) is 0 Å². The van der Waals surface area contributed by atoms with E-state index in [0.29, 0.717) is 25.2 Å². The van der Waals surface area contributed by atoms with Crippen LogP contribution in [-0.2, 0) is 23.7 Å². The Hall–Kier alpha value is -1.95. The van der Waals surface area contributed by atoms with Crippen molar-refractivity contribution in [3.8, 4) is 23.7 Å². The molecule has 3 rings (SSSR count). The average molecular weight is 288 g/mol. The summed E-state index contributed by atoms with van der Waals surface area (Å²) in [5.74, 6) is 10.5. The van der Waals surface area contributed by atoms with Crippen molar-refractivity contribution in [1.82, 2.24) is 0 Å². The van der Waals surface area contributed by atoms with E-state index in [1.807, 2.05) is 0 Å². The highest BCUT2D eigenvalue weighted by Crippen LogP contribution is 2.52. The maximum Gasteiger partial charge on any atom is 0.302 e. The lowest BCUT2D eigenvalue weighted by atomic mass is 10.0. The summed E-state index contributed by atoms with van der Waals surface area (Å²) in [4.78, 5) is 11.0. The third-order valence-corrected chi connectivity index (χ3v) is 3.63. The Labute approximate surface area is 123 Å². The number of carbonyl (C=O) groups is 1. The van der Waals surface area contributed by atoms with Crippen LogP contribution in [0.4, 0.5) is 0 Å². The molecule has 3 saturated heterocycles. The number of carbonyl (C=O) groups excluding carboxylic acids is 1. The van der Waals surface area contributed by atoms with Crippen LogP contribution < -0.4 is 0 Å². The van der Waals surface area contributed by atoms with Crippen LogP contribution in [0.1, 0.15) is 26.7 Å². The van der Waals surface area contributed by atoms with E-state index in [9.17, 15) is 4.79 Å². The van der Waals surface area contributed by atoms with Crippen LogP contribution in [0.15, 0.2) is 11.8 Å². The number of ether oxygens (including phenoxy) is 4. The molecule has 0 aromatic rings. The highest BCUT2D eigenvalue weighted by atomic mass is 16.8. The van der Waals surface area contributed by atoms with Gasteiger partial charge >= 0.3 is 5.97 Å². The van der Waals surface area contributed by atoms with Gasteiger partial charge in [-0.3, -0.25) is 4.79 Å². The standard InChI is InChI=1S/C16H16O5/c1-3-4-5-6-7-13-14-15(20-14)16(21-13)9-8-12(10-18-16)19-11(2)17/h7,12,14-15H,8-10H2,1-2H3/b13-7-/t12-,14+,15+,16+/m0/s1. The largest absolute Gasteiger partial charge is 0.460 e. The van der Waals surface area contributed by atoms with Gasteiger partial charge in [0.25, 0.3) is 0 Å². The summed E-state index contributed by atoms with van der Waals surface area (Å²) in [5, 5.41) is 0. The molecule has 5 nitrogen and oxygen atoms in total. The van der Waals surface area contributed by atoms with E-state index >= 15 is 0 Å². The first-order valence-corrected chi connectivity index (χ1v) is 6.92. The number of fused-ring (bicyclic) bond motifs is 2. The van der Waals surface area contributed by atoms with Gasteiger partial charge in [0, 0.05) is 19.4 Å². The van der Waals surface area contributed by atoms with Crippen molar-refractivity contribution in [2.45, 2.75) is 50.8 Å². The van der Waals surface area contributed by atoms with Gasteiger partial charge in [-0.05, 0) is 25.2 Å². The molecule has 0 amide bonds. The monoisotopic (exact) mass is 288 g/mol. The van der Waals surface area contributed by atoms with Gasteiger partial charge < -0.3 is 18.9 Å². The second-order valence-corrected chi connectivity index (χ2v) is 5.16. The van der Waals surface area contributed by atoms with Crippen molar-refractivity contribution >= 4 is 5.97 Å². The average Bonchev–Trinajstić information content (AvgIpc) is 3.20. The molecular weight excluding hydrogens is 272 g/mol. The zero-order valence-corrected chi connectivity index (χ0v) is 12.0. The van der Waals surface area contributed by atoms with E-state index < -0.39 is 5.79 Å². The van der Waals surface area contributed by atoms with Gasteiger partial charge in [0.1, 0.15) is 18.0 Å². The summed E-state index contributed by atoms with van der Waals surface area (Å²) in [6, 6.07) is 0. The molecule has 0 aliphatic carbocycles. The highest BCUT2D eigenvalue weighted by Gasteiger charge is 2.67. The van der Waals surface area contributed by atoms with E-state index in [0.717, 1.165) is 0 Å². The lowest BCUT2D eigenvalue weighted by Crippen LogP contribution is -2.46. The smallest absolute Gasteiger partial charge is 0.302 e. The summed E-state index contributed by atoms with van der Waals surface area (Å²) in [6.45, 7) is 3.46. The number of hydrogen-bond acceptors (Lipinski definition) is 5. The predicted molar refractivity (Wildman–Crippen MR) is 72.5 cm³/mol. The molecule has 0 aromatic carbocycles. The number of allylic oxidation sites excluding steroid dienone is 1. The van der Waals surface area contributed by atoms with E-state index in [4.69, 9.17) is 18.9 Å². The van der Waals surface area contributed by atoms with Crippen LogP contribution in [0.2, 0.25) is 0 Å². The summed E-state index contributed by atoms with van der Waals surface area (Å²) >= 11 is 0. The van der Waals surface area contributed by atoms with Crippen molar-refractivity contribution in [3.05, 3.63) is 11.8 Å². The van der Waals surface area contributed by atoms with Gasteiger partial charge in [-0.1, -0.05) is 11.8 Å². The maximum absolute atomic E-state index is 11.0. The second kappa shape index (κ2) is 5.44. The van der Waals surface area contributed by atoms with E-state index in [1.54, 1.807) is 13.0 Å². The van der Waals surface area contributed by atoms with Crippen LogP contribution in [0, 0.1) is 23.7 Å². The molecule has 21 heavy (non-hydrogen) atoms. The molecule has 0 radical (unpaired) electrons. The molecule has 3 aliphatic rings. The SMILES string of the molecule is CC#CC#C/C=C1\O[C@]2(CC[C@H](OC(C)=O)CO2)[C@@H]2O[C@H]12. The Morgan fingerprint density at radius 3 is 3.00 bits per heavy atom. The van der Waals surface area contributed by atoms with Crippen LogP contribution in [0.25, 0.3) is 0 Å². The molecule has 0 saturated carbocycles. The van der Waals surface area contributed by atoms with Gasteiger partial charge in [0.15, 0.2) is 6.10 Å². The number of esters is 1. The molecule has 3 aliphatic heterocycles. The Kier molecular flexibility index (Phi) is 3.63. The zero-order valence-electron chi connectivity index (χ0n) is 12.0. The predicted octanol–water partition coefficient (Wildman–Crippen LogP) is 1.13. The van der Waals surface area contributed by atoms with Gasteiger partial charge in [0.05, 0.1) is 6.61 Å². The molecule has 0 N–H and O–H groups in total. The third-order valence-electron chi connectivity index (χ3n) is 3.63. The van der Waals surface area contributed by atoms with Gasteiger partial charge in [-0.2, -0.15) is 0 Å². The maximum atomic E-state index is 11.0. The minimum Gasteiger partial charge on any atom is -0.460 e. The van der Waals surface area contributed by atoms with Crippen LogP contribution in [0.3, 0.4) is 0 Å². The highest BCUT2D eigenvalue weighted by molar-refractivity contribution is 5.66. The van der Waals surface area contributed by atoms with Gasteiger partial charge in [0.2, 0.25) is 5.79 Å². The van der Waals surface area contributed by atoms with E-state index in [2.05, 4.69) is 23.7 Å². The van der Waals surface area contributed by atoms with Crippen LogP contribution >= 0.6 is 0 Å². The fourth-order valence-electron chi connectivity index (χ4n) is 2.68. The fraction of sp³-hybridized carbons (Fsp3) is 0.562.